The Morgan fingerprint density at radius 3 is 2.52 bits per heavy atom. The second-order valence-electron chi connectivity index (χ2n) is 5.59. The molecule has 9 heteroatoms. The molecule has 0 bridgehead atoms. The lowest BCUT2D eigenvalue weighted by Crippen LogP contribution is -2.26. The number of carbonyl (C=O) groups excluding carboxylic acids is 1. The third-order valence-corrected chi connectivity index (χ3v) is 3.76. The first-order chi connectivity index (χ1) is 13.0. The van der Waals surface area contributed by atoms with Crippen molar-refractivity contribution in [2.45, 2.75) is 0 Å². The molecule has 140 valence electrons. The SMILES string of the molecule is O=C1OCC(OCCNNc2ccc([N+](=O)[O-])cc2)=C1c1ccc(F)cc1. The number of non-ortho nitro benzene ring substituents is 1. The van der Waals surface area contributed by atoms with Gasteiger partial charge in [-0.1, -0.05) is 12.1 Å². The fourth-order valence-corrected chi connectivity index (χ4v) is 2.45. The van der Waals surface area contributed by atoms with Gasteiger partial charge in [0.15, 0.2) is 0 Å². The molecule has 0 atom stereocenters. The Balaban J connectivity index is 1.51. The van der Waals surface area contributed by atoms with Crippen LogP contribution in [-0.4, -0.2) is 30.7 Å². The van der Waals surface area contributed by atoms with Crippen LogP contribution in [0.2, 0.25) is 0 Å². The van der Waals surface area contributed by atoms with Crippen molar-refractivity contribution >= 4 is 22.9 Å². The lowest BCUT2D eigenvalue weighted by molar-refractivity contribution is -0.384. The highest BCUT2D eigenvalue weighted by atomic mass is 19.1. The average Bonchev–Trinajstić information content (AvgIpc) is 3.03. The van der Waals surface area contributed by atoms with E-state index >= 15 is 0 Å². The molecule has 0 spiro atoms. The Kier molecular flexibility index (Phi) is 5.62. The average molecular weight is 373 g/mol. The summed E-state index contributed by atoms with van der Waals surface area (Å²) in [7, 11) is 0. The number of nitrogens with one attached hydrogen (secondary N) is 2. The number of ether oxygens (including phenoxy) is 2. The van der Waals surface area contributed by atoms with Crippen LogP contribution in [-0.2, 0) is 14.3 Å². The second-order valence-corrected chi connectivity index (χ2v) is 5.59. The fourth-order valence-electron chi connectivity index (χ4n) is 2.45. The Hall–Kier alpha value is -3.46. The fraction of sp³-hybridized carbons (Fsp3) is 0.167. The minimum atomic E-state index is -0.506. The van der Waals surface area contributed by atoms with Crippen LogP contribution >= 0.6 is 0 Å². The predicted molar refractivity (Wildman–Crippen MR) is 95.0 cm³/mol. The second kappa shape index (κ2) is 8.28. The van der Waals surface area contributed by atoms with Gasteiger partial charge in [-0.3, -0.25) is 10.1 Å². The first-order valence-corrected chi connectivity index (χ1v) is 8.07. The summed E-state index contributed by atoms with van der Waals surface area (Å²) >= 11 is 0. The minimum Gasteiger partial charge on any atom is -0.492 e. The van der Waals surface area contributed by atoms with Gasteiger partial charge in [-0.25, -0.2) is 14.6 Å². The number of nitro benzene ring substituents is 1. The van der Waals surface area contributed by atoms with E-state index in [1.54, 1.807) is 12.1 Å². The number of hydrogen-bond donors (Lipinski definition) is 2. The molecule has 0 saturated carbocycles. The Bertz CT molecular complexity index is 866. The number of rotatable bonds is 8. The van der Waals surface area contributed by atoms with Crippen molar-refractivity contribution in [1.29, 1.82) is 0 Å². The summed E-state index contributed by atoms with van der Waals surface area (Å²) in [5.74, 6) is -0.507. The van der Waals surface area contributed by atoms with Gasteiger partial charge in [0, 0.05) is 24.4 Å². The number of carbonyl (C=O) groups is 1. The van der Waals surface area contributed by atoms with Crippen molar-refractivity contribution in [2.24, 2.45) is 0 Å². The Labute approximate surface area is 153 Å². The molecule has 2 aromatic carbocycles. The zero-order valence-corrected chi connectivity index (χ0v) is 14.1. The summed E-state index contributed by atoms with van der Waals surface area (Å²) in [5, 5.41) is 10.6. The van der Waals surface area contributed by atoms with E-state index in [9.17, 15) is 19.3 Å². The number of nitrogens with zero attached hydrogens (tertiary/aromatic N) is 1. The normalized spacial score (nSPS) is 13.4. The van der Waals surface area contributed by atoms with Gasteiger partial charge in [0.05, 0.1) is 4.92 Å². The number of nitro groups is 1. The summed E-state index contributed by atoms with van der Waals surface area (Å²) in [5.41, 5.74) is 7.28. The first-order valence-electron chi connectivity index (χ1n) is 8.07. The van der Waals surface area contributed by atoms with E-state index < -0.39 is 16.7 Å². The lowest BCUT2D eigenvalue weighted by Gasteiger charge is -2.10. The molecular weight excluding hydrogens is 357 g/mol. The van der Waals surface area contributed by atoms with Crippen molar-refractivity contribution in [3.63, 3.8) is 0 Å². The van der Waals surface area contributed by atoms with Gasteiger partial charge in [-0.15, -0.1) is 0 Å². The van der Waals surface area contributed by atoms with E-state index in [2.05, 4.69) is 10.9 Å². The summed E-state index contributed by atoms with van der Waals surface area (Å²) in [6, 6.07) is 11.4. The van der Waals surface area contributed by atoms with Gasteiger partial charge in [0.1, 0.15) is 30.4 Å². The number of benzene rings is 2. The lowest BCUT2D eigenvalue weighted by atomic mass is 10.1. The smallest absolute Gasteiger partial charge is 0.342 e. The number of cyclic esters (lactones) is 1. The van der Waals surface area contributed by atoms with Crippen LogP contribution in [0.15, 0.2) is 54.3 Å². The van der Waals surface area contributed by atoms with Crippen molar-refractivity contribution in [1.82, 2.24) is 5.43 Å². The molecule has 1 aliphatic heterocycles. The van der Waals surface area contributed by atoms with Crippen LogP contribution in [0, 0.1) is 15.9 Å². The predicted octanol–water partition coefficient (Wildman–Crippen LogP) is 2.64. The largest absolute Gasteiger partial charge is 0.492 e. The number of anilines is 1. The van der Waals surface area contributed by atoms with Crippen LogP contribution in [0.25, 0.3) is 5.57 Å². The zero-order valence-electron chi connectivity index (χ0n) is 14.1. The van der Waals surface area contributed by atoms with Gasteiger partial charge < -0.3 is 14.9 Å². The highest BCUT2D eigenvalue weighted by Crippen LogP contribution is 2.27. The van der Waals surface area contributed by atoms with Crippen molar-refractivity contribution in [3.8, 4) is 0 Å². The minimum absolute atomic E-state index is 0.00930. The van der Waals surface area contributed by atoms with E-state index in [0.29, 0.717) is 29.1 Å². The molecule has 0 aromatic heterocycles. The molecule has 0 amide bonds. The molecule has 27 heavy (non-hydrogen) atoms. The van der Waals surface area contributed by atoms with Crippen LogP contribution in [0.5, 0.6) is 0 Å². The van der Waals surface area contributed by atoms with Crippen LogP contribution in [0.1, 0.15) is 5.56 Å². The van der Waals surface area contributed by atoms with Crippen molar-refractivity contribution in [3.05, 3.63) is 75.8 Å². The molecule has 0 fully saturated rings. The molecule has 3 rings (SSSR count). The third-order valence-electron chi connectivity index (χ3n) is 3.76. The van der Waals surface area contributed by atoms with Crippen molar-refractivity contribution < 1.29 is 23.6 Å². The topological polar surface area (TPSA) is 103 Å². The molecule has 2 N–H and O–H groups in total. The molecule has 0 aliphatic carbocycles. The Morgan fingerprint density at radius 2 is 1.85 bits per heavy atom. The highest BCUT2D eigenvalue weighted by molar-refractivity contribution is 6.18. The molecule has 2 aromatic rings. The molecule has 0 radical (unpaired) electrons. The summed E-state index contributed by atoms with van der Waals surface area (Å²) in [4.78, 5) is 22.0. The number of hydrazine groups is 1. The monoisotopic (exact) mass is 373 g/mol. The number of halogens is 1. The standard InChI is InChI=1S/C18H16FN3O5/c19-13-3-1-12(2-4-13)17-16(11-27-18(17)23)26-10-9-20-21-14-5-7-15(8-6-14)22(24)25/h1-8,20-21H,9-11H2. The van der Waals surface area contributed by atoms with Gasteiger partial charge in [-0.05, 0) is 29.8 Å². The van der Waals surface area contributed by atoms with E-state index in [1.807, 2.05) is 0 Å². The summed E-state index contributed by atoms with van der Waals surface area (Å²) in [6.07, 6.45) is 0. The first kappa shape index (κ1) is 18.3. The van der Waals surface area contributed by atoms with Crippen LogP contribution in [0.4, 0.5) is 15.8 Å². The van der Waals surface area contributed by atoms with Gasteiger partial charge in [0.2, 0.25) is 0 Å². The molecular formula is C18H16FN3O5. The van der Waals surface area contributed by atoms with E-state index in [-0.39, 0.29) is 18.9 Å². The summed E-state index contributed by atoms with van der Waals surface area (Å²) < 4.78 is 23.6. The molecule has 1 aliphatic rings. The number of esters is 1. The maximum Gasteiger partial charge on any atom is 0.342 e. The number of hydrogen-bond acceptors (Lipinski definition) is 7. The summed E-state index contributed by atoms with van der Waals surface area (Å²) in [6.45, 7) is 0.670. The molecule has 0 saturated heterocycles. The van der Waals surface area contributed by atoms with Gasteiger partial charge in [0.25, 0.3) is 5.69 Å². The molecule has 8 nitrogen and oxygen atoms in total. The van der Waals surface area contributed by atoms with Gasteiger partial charge in [-0.2, -0.15) is 0 Å². The van der Waals surface area contributed by atoms with E-state index in [1.165, 1.54) is 36.4 Å². The van der Waals surface area contributed by atoms with Crippen LogP contribution < -0.4 is 10.9 Å². The van der Waals surface area contributed by atoms with E-state index in [4.69, 9.17) is 9.47 Å². The maximum absolute atomic E-state index is 13.0. The highest BCUT2D eigenvalue weighted by Gasteiger charge is 2.27. The van der Waals surface area contributed by atoms with Gasteiger partial charge >= 0.3 is 5.97 Å². The maximum atomic E-state index is 13.0. The zero-order chi connectivity index (χ0) is 19.2. The Morgan fingerprint density at radius 1 is 1.15 bits per heavy atom. The molecule has 0 unspecified atom stereocenters. The van der Waals surface area contributed by atoms with Crippen LogP contribution in [0.3, 0.4) is 0 Å². The quantitative estimate of drug-likeness (QED) is 0.317. The molecule has 1 heterocycles. The van der Waals surface area contributed by atoms with Crippen molar-refractivity contribution in [2.75, 3.05) is 25.2 Å². The third kappa shape index (κ3) is 4.59. The van der Waals surface area contributed by atoms with E-state index in [0.717, 1.165) is 0 Å².